The van der Waals surface area contributed by atoms with Crippen molar-refractivity contribution >= 4 is 21.6 Å². The number of fused-ring (bicyclic) bond motifs is 1. The lowest BCUT2D eigenvalue weighted by molar-refractivity contribution is -0.125. The second kappa shape index (κ2) is 6.94. The van der Waals surface area contributed by atoms with Crippen LogP contribution in [0.2, 0.25) is 0 Å². The van der Waals surface area contributed by atoms with Gasteiger partial charge in [-0.25, -0.2) is 13.1 Å². The monoisotopic (exact) mass is 378 g/mol. The normalized spacial score (nSPS) is 26.0. The maximum atomic E-state index is 12.7. The van der Waals surface area contributed by atoms with E-state index in [0.29, 0.717) is 19.6 Å². The van der Waals surface area contributed by atoms with Gasteiger partial charge in [0.2, 0.25) is 15.9 Å². The van der Waals surface area contributed by atoms with E-state index < -0.39 is 10.0 Å². The van der Waals surface area contributed by atoms with Crippen LogP contribution in [0.3, 0.4) is 0 Å². The van der Waals surface area contributed by atoms with E-state index in [4.69, 9.17) is 4.74 Å². The van der Waals surface area contributed by atoms with Gasteiger partial charge in [-0.2, -0.15) is 0 Å². The molecule has 26 heavy (non-hydrogen) atoms. The molecule has 0 radical (unpaired) electrons. The van der Waals surface area contributed by atoms with Gasteiger partial charge in [0.05, 0.1) is 11.0 Å². The molecule has 2 atom stereocenters. The summed E-state index contributed by atoms with van der Waals surface area (Å²) >= 11 is 0. The van der Waals surface area contributed by atoms with E-state index in [-0.39, 0.29) is 28.9 Å². The highest BCUT2D eigenvalue weighted by molar-refractivity contribution is 7.89. The van der Waals surface area contributed by atoms with Crippen LogP contribution >= 0.6 is 0 Å². The highest BCUT2D eigenvalue weighted by Crippen LogP contribution is 2.38. The lowest BCUT2D eigenvalue weighted by Gasteiger charge is -2.32. The van der Waals surface area contributed by atoms with Crippen LogP contribution in [0.5, 0.6) is 0 Å². The molecule has 142 valence electrons. The molecule has 1 aliphatic carbocycles. The predicted molar refractivity (Wildman–Crippen MR) is 98.6 cm³/mol. The minimum absolute atomic E-state index is 0.0326. The smallest absolute Gasteiger partial charge is 0.240 e. The van der Waals surface area contributed by atoms with E-state index in [1.54, 1.807) is 18.2 Å². The maximum Gasteiger partial charge on any atom is 0.240 e. The van der Waals surface area contributed by atoms with Crippen LogP contribution in [0.4, 0.5) is 5.69 Å². The predicted octanol–water partition coefficient (Wildman–Crippen LogP) is 2.22. The van der Waals surface area contributed by atoms with E-state index in [1.807, 2.05) is 11.8 Å². The topological polar surface area (TPSA) is 75.7 Å². The van der Waals surface area contributed by atoms with Crippen molar-refractivity contribution in [3.8, 4) is 0 Å². The van der Waals surface area contributed by atoms with Crippen molar-refractivity contribution in [1.82, 2.24) is 4.72 Å². The van der Waals surface area contributed by atoms with Crippen molar-refractivity contribution in [2.45, 2.75) is 62.5 Å². The number of amides is 1. The summed E-state index contributed by atoms with van der Waals surface area (Å²) < 4.78 is 33.3. The van der Waals surface area contributed by atoms with Gasteiger partial charge >= 0.3 is 0 Å². The summed E-state index contributed by atoms with van der Waals surface area (Å²) in [6.07, 6.45) is 5.60. The lowest BCUT2D eigenvalue weighted by atomic mass is 9.84. The molecule has 0 spiro atoms. The third kappa shape index (κ3) is 3.28. The number of carbonyl (C=O) groups is 1. The Morgan fingerprint density at radius 3 is 2.73 bits per heavy atom. The average Bonchev–Trinajstić information content (AvgIpc) is 3.17. The van der Waals surface area contributed by atoms with Gasteiger partial charge in [0, 0.05) is 30.8 Å². The molecule has 1 N–H and O–H groups in total. The minimum Gasteiger partial charge on any atom is -0.377 e. The molecule has 0 aromatic heterocycles. The van der Waals surface area contributed by atoms with Crippen LogP contribution < -0.4 is 9.62 Å². The number of ether oxygens (including phenoxy) is 1. The van der Waals surface area contributed by atoms with Crippen LogP contribution in [0, 0.1) is 5.92 Å². The third-order valence-electron chi connectivity index (χ3n) is 5.79. The van der Waals surface area contributed by atoms with Gasteiger partial charge in [0.25, 0.3) is 0 Å². The Kier molecular flexibility index (Phi) is 4.79. The summed E-state index contributed by atoms with van der Waals surface area (Å²) in [5.41, 5.74) is 1.80. The zero-order valence-electron chi connectivity index (χ0n) is 15.1. The van der Waals surface area contributed by atoms with Crippen molar-refractivity contribution < 1.29 is 17.9 Å². The lowest BCUT2D eigenvalue weighted by Crippen LogP contribution is -2.42. The number of anilines is 1. The van der Waals surface area contributed by atoms with Crippen molar-refractivity contribution in [1.29, 1.82) is 0 Å². The first kappa shape index (κ1) is 17.9. The van der Waals surface area contributed by atoms with Gasteiger partial charge < -0.3 is 9.64 Å². The molecule has 2 heterocycles. The van der Waals surface area contributed by atoms with Gasteiger partial charge in [-0.3, -0.25) is 4.79 Å². The average molecular weight is 378 g/mol. The molecular weight excluding hydrogens is 352 g/mol. The van der Waals surface area contributed by atoms with E-state index in [1.165, 1.54) is 0 Å². The molecule has 0 bridgehead atoms. The molecule has 1 aromatic carbocycles. The molecule has 4 rings (SSSR count). The Labute approximate surface area is 155 Å². The Hall–Kier alpha value is -1.44. The summed E-state index contributed by atoms with van der Waals surface area (Å²) in [5.74, 6) is 0.328. The second-order valence-electron chi connectivity index (χ2n) is 7.67. The highest BCUT2D eigenvalue weighted by Gasteiger charge is 2.37. The van der Waals surface area contributed by atoms with Gasteiger partial charge in [0.15, 0.2) is 0 Å². The van der Waals surface area contributed by atoms with Crippen LogP contribution in [-0.4, -0.2) is 39.6 Å². The van der Waals surface area contributed by atoms with Gasteiger partial charge in [0.1, 0.15) is 0 Å². The number of benzene rings is 1. The zero-order chi connectivity index (χ0) is 18.3. The number of hydrogen-bond acceptors (Lipinski definition) is 4. The summed E-state index contributed by atoms with van der Waals surface area (Å²) in [6, 6.07) is 5.19. The van der Waals surface area contributed by atoms with Crippen molar-refractivity contribution in [3.05, 3.63) is 23.8 Å². The van der Waals surface area contributed by atoms with Crippen LogP contribution in [0.25, 0.3) is 0 Å². The standard InChI is InChI=1S/C19H26N2O4S/c1-13-10-15-11-17(26(23,24)20-12-16-6-3-9-25-16)7-8-18(15)21(13)19(22)14-4-2-5-14/h7-8,11,13-14,16,20H,2-6,9-10,12H2,1H3/t13-,16-/m1/s1. The Balaban J connectivity index is 1.51. The van der Waals surface area contributed by atoms with Crippen molar-refractivity contribution in [3.63, 3.8) is 0 Å². The van der Waals surface area contributed by atoms with Crippen LogP contribution in [-0.2, 0) is 26.0 Å². The molecule has 2 fully saturated rings. The van der Waals surface area contributed by atoms with Crippen molar-refractivity contribution in [2.24, 2.45) is 5.92 Å². The number of hydrogen-bond donors (Lipinski definition) is 1. The quantitative estimate of drug-likeness (QED) is 0.852. The minimum atomic E-state index is -3.57. The van der Waals surface area contributed by atoms with E-state index in [0.717, 1.165) is 43.4 Å². The Morgan fingerprint density at radius 1 is 1.27 bits per heavy atom. The SMILES string of the molecule is C[C@@H]1Cc2cc(S(=O)(=O)NC[C@H]3CCCO3)ccc2N1C(=O)C1CCC1. The van der Waals surface area contributed by atoms with Crippen LogP contribution in [0.15, 0.2) is 23.1 Å². The molecule has 2 aliphatic heterocycles. The Bertz CT molecular complexity index is 798. The van der Waals surface area contributed by atoms with E-state index >= 15 is 0 Å². The van der Waals surface area contributed by atoms with Crippen molar-refractivity contribution in [2.75, 3.05) is 18.1 Å². The first-order chi connectivity index (χ1) is 12.5. The molecule has 1 saturated heterocycles. The third-order valence-corrected chi connectivity index (χ3v) is 7.21. The number of nitrogens with one attached hydrogen (secondary N) is 1. The van der Waals surface area contributed by atoms with Gasteiger partial charge in [-0.05, 0) is 62.8 Å². The summed E-state index contributed by atoms with van der Waals surface area (Å²) in [6.45, 7) is 3.04. The summed E-state index contributed by atoms with van der Waals surface area (Å²) in [5, 5.41) is 0. The fourth-order valence-electron chi connectivity index (χ4n) is 4.05. The zero-order valence-corrected chi connectivity index (χ0v) is 15.9. The number of nitrogens with zero attached hydrogens (tertiary/aromatic N) is 1. The summed E-state index contributed by atoms with van der Waals surface area (Å²) in [7, 11) is -3.57. The first-order valence-electron chi connectivity index (χ1n) is 9.53. The molecule has 6 nitrogen and oxygen atoms in total. The molecule has 1 saturated carbocycles. The van der Waals surface area contributed by atoms with Gasteiger partial charge in [-0.15, -0.1) is 0 Å². The largest absolute Gasteiger partial charge is 0.377 e. The van der Waals surface area contributed by atoms with E-state index in [9.17, 15) is 13.2 Å². The second-order valence-corrected chi connectivity index (χ2v) is 9.43. The number of rotatable bonds is 5. The Morgan fingerprint density at radius 2 is 2.08 bits per heavy atom. The van der Waals surface area contributed by atoms with Crippen LogP contribution in [0.1, 0.15) is 44.6 Å². The highest BCUT2D eigenvalue weighted by atomic mass is 32.2. The molecule has 3 aliphatic rings. The summed E-state index contributed by atoms with van der Waals surface area (Å²) in [4.78, 5) is 14.8. The molecular formula is C19H26N2O4S. The fraction of sp³-hybridized carbons (Fsp3) is 0.632. The van der Waals surface area contributed by atoms with Gasteiger partial charge in [-0.1, -0.05) is 6.42 Å². The fourth-order valence-corrected chi connectivity index (χ4v) is 5.17. The molecule has 7 heteroatoms. The number of carbonyl (C=O) groups excluding carboxylic acids is 1. The van der Waals surface area contributed by atoms with E-state index in [2.05, 4.69) is 4.72 Å². The maximum absolute atomic E-state index is 12.7. The molecule has 1 amide bonds. The molecule has 1 aromatic rings. The molecule has 0 unspecified atom stereocenters. The number of sulfonamides is 1. The first-order valence-corrected chi connectivity index (χ1v) is 11.0.